The van der Waals surface area contributed by atoms with E-state index >= 15 is 0 Å². The maximum absolute atomic E-state index is 12.5. The molecule has 0 bridgehead atoms. The number of methoxy groups -OCH3 is 3. The fourth-order valence-electron chi connectivity index (χ4n) is 4.11. The third kappa shape index (κ3) is 3.00. The van der Waals surface area contributed by atoms with Crippen molar-refractivity contribution in [3.8, 4) is 34.4 Å². The van der Waals surface area contributed by atoms with Crippen LogP contribution in [0.5, 0.6) is 28.7 Å². The van der Waals surface area contributed by atoms with E-state index in [9.17, 15) is 4.79 Å². The molecule has 2 aliphatic heterocycles. The molecule has 0 radical (unpaired) electrons. The lowest BCUT2D eigenvalue weighted by molar-refractivity contribution is -0.116. The second kappa shape index (κ2) is 7.42. The molecule has 160 valence electrons. The fraction of sp³-hybridized carbons (Fsp3) is 0.273. The molecular weight excluding hydrogens is 402 g/mol. The first kappa shape index (κ1) is 19.1. The van der Waals surface area contributed by atoms with Crippen molar-refractivity contribution in [1.82, 2.24) is 9.55 Å². The van der Waals surface area contributed by atoms with Crippen LogP contribution in [0.2, 0.25) is 0 Å². The average molecular weight is 423 g/mol. The van der Waals surface area contributed by atoms with E-state index in [2.05, 4.69) is 10.3 Å². The SMILES string of the molecule is COc1ccc(-n2cnc3c2[C@@H](c2cc(OC)c4c(c2OC)OCO4)CC(=O)N3)cc1. The normalized spacial score (nSPS) is 16.5. The second-order valence-corrected chi connectivity index (χ2v) is 7.12. The first-order valence-corrected chi connectivity index (χ1v) is 9.70. The smallest absolute Gasteiger partial charge is 0.231 e. The van der Waals surface area contributed by atoms with Gasteiger partial charge in [0.1, 0.15) is 12.1 Å². The fourth-order valence-corrected chi connectivity index (χ4v) is 4.11. The Balaban J connectivity index is 1.69. The largest absolute Gasteiger partial charge is 0.497 e. The summed E-state index contributed by atoms with van der Waals surface area (Å²) in [4.78, 5) is 17.0. The molecule has 0 unspecified atom stereocenters. The molecule has 3 heterocycles. The van der Waals surface area contributed by atoms with E-state index in [-0.39, 0.29) is 25.0 Å². The van der Waals surface area contributed by atoms with Crippen LogP contribution in [-0.4, -0.2) is 43.6 Å². The maximum Gasteiger partial charge on any atom is 0.231 e. The number of hydrogen-bond acceptors (Lipinski definition) is 7. The highest BCUT2D eigenvalue weighted by atomic mass is 16.7. The van der Waals surface area contributed by atoms with Gasteiger partial charge in [0.05, 0.1) is 27.0 Å². The summed E-state index contributed by atoms with van der Waals surface area (Å²) >= 11 is 0. The van der Waals surface area contributed by atoms with Crippen LogP contribution >= 0.6 is 0 Å². The van der Waals surface area contributed by atoms with Gasteiger partial charge >= 0.3 is 0 Å². The van der Waals surface area contributed by atoms with E-state index in [4.69, 9.17) is 23.7 Å². The van der Waals surface area contributed by atoms with E-state index in [1.807, 2.05) is 34.9 Å². The van der Waals surface area contributed by atoms with Crippen LogP contribution in [0.25, 0.3) is 5.69 Å². The van der Waals surface area contributed by atoms with Crippen LogP contribution in [0.4, 0.5) is 5.82 Å². The van der Waals surface area contributed by atoms with Crippen molar-refractivity contribution in [2.24, 2.45) is 0 Å². The molecule has 1 N–H and O–H groups in total. The lowest BCUT2D eigenvalue weighted by Crippen LogP contribution is -2.25. The Kier molecular flexibility index (Phi) is 4.58. The molecule has 5 rings (SSSR count). The molecule has 0 fully saturated rings. The third-order valence-electron chi connectivity index (χ3n) is 5.52. The molecular formula is C22H21N3O6. The average Bonchev–Trinajstić information content (AvgIpc) is 3.45. The Morgan fingerprint density at radius 3 is 2.55 bits per heavy atom. The quantitative estimate of drug-likeness (QED) is 0.674. The molecule has 0 spiro atoms. The minimum Gasteiger partial charge on any atom is -0.497 e. The van der Waals surface area contributed by atoms with Crippen LogP contribution in [0, 0.1) is 0 Å². The molecule has 9 heteroatoms. The first-order valence-electron chi connectivity index (χ1n) is 9.70. The third-order valence-corrected chi connectivity index (χ3v) is 5.52. The van der Waals surface area contributed by atoms with Crippen molar-refractivity contribution in [3.05, 3.63) is 47.9 Å². The van der Waals surface area contributed by atoms with Gasteiger partial charge in [-0.2, -0.15) is 0 Å². The summed E-state index contributed by atoms with van der Waals surface area (Å²) in [5.41, 5.74) is 2.49. The Labute approximate surface area is 178 Å². The number of amides is 1. The van der Waals surface area contributed by atoms with Crippen LogP contribution in [0.3, 0.4) is 0 Å². The number of benzene rings is 2. The van der Waals surface area contributed by atoms with E-state index in [0.29, 0.717) is 28.8 Å². The molecule has 0 aliphatic carbocycles. The Bertz CT molecular complexity index is 1160. The number of nitrogens with zero attached hydrogens (tertiary/aromatic N) is 2. The van der Waals surface area contributed by atoms with Gasteiger partial charge in [0, 0.05) is 23.6 Å². The number of imidazole rings is 1. The van der Waals surface area contributed by atoms with E-state index < -0.39 is 0 Å². The minimum absolute atomic E-state index is 0.0751. The second-order valence-electron chi connectivity index (χ2n) is 7.12. The Morgan fingerprint density at radius 2 is 1.84 bits per heavy atom. The number of fused-ring (bicyclic) bond motifs is 2. The molecule has 1 aromatic heterocycles. The molecule has 0 saturated heterocycles. The zero-order valence-corrected chi connectivity index (χ0v) is 17.3. The standard InChI is InChI=1S/C22H21N3O6/c1-27-13-6-4-12(5-7-13)25-10-23-22-18(25)14(9-17(26)24-22)15-8-16(28-2)20-21(19(15)29-3)31-11-30-20/h4-8,10,14H,9,11H2,1-3H3,(H,24,26)/t14-/m1/s1. The predicted molar refractivity (Wildman–Crippen MR) is 111 cm³/mol. The summed E-state index contributed by atoms with van der Waals surface area (Å²) in [6, 6.07) is 9.47. The molecule has 2 aromatic carbocycles. The highest BCUT2D eigenvalue weighted by Gasteiger charge is 2.37. The van der Waals surface area contributed by atoms with Crippen molar-refractivity contribution < 1.29 is 28.5 Å². The summed E-state index contributed by atoms with van der Waals surface area (Å²) < 4.78 is 29.7. The topological polar surface area (TPSA) is 93.1 Å². The van der Waals surface area contributed by atoms with Gasteiger partial charge in [-0.05, 0) is 30.3 Å². The van der Waals surface area contributed by atoms with Crippen molar-refractivity contribution in [3.63, 3.8) is 0 Å². The number of carbonyl (C=O) groups is 1. The number of rotatable bonds is 5. The Morgan fingerprint density at radius 1 is 1.06 bits per heavy atom. The molecule has 1 atom stereocenters. The van der Waals surface area contributed by atoms with E-state index in [1.165, 1.54) is 0 Å². The zero-order valence-electron chi connectivity index (χ0n) is 17.3. The van der Waals surface area contributed by atoms with Gasteiger partial charge in [-0.25, -0.2) is 4.98 Å². The number of aromatic nitrogens is 2. The number of carbonyl (C=O) groups excluding carboxylic acids is 1. The molecule has 31 heavy (non-hydrogen) atoms. The minimum atomic E-state index is -0.341. The predicted octanol–water partition coefficient (Wildman–Crippen LogP) is 3.10. The van der Waals surface area contributed by atoms with Crippen molar-refractivity contribution in [2.45, 2.75) is 12.3 Å². The summed E-state index contributed by atoms with van der Waals surface area (Å²) in [6.45, 7) is 0.0751. The number of ether oxygens (including phenoxy) is 5. The molecule has 1 amide bonds. The summed E-state index contributed by atoms with van der Waals surface area (Å²) in [5, 5.41) is 2.87. The number of anilines is 1. The number of nitrogens with one attached hydrogen (secondary N) is 1. The van der Waals surface area contributed by atoms with Gasteiger partial charge in [-0.1, -0.05) is 0 Å². The van der Waals surface area contributed by atoms with Gasteiger partial charge in [0.2, 0.25) is 24.2 Å². The van der Waals surface area contributed by atoms with Gasteiger partial charge in [-0.3, -0.25) is 4.79 Å². The molecule has 9 nitrogen and oxygen atoms in total. The van der Waals surface area contributed by atoms with Gasteiger partial charge < -0.3 is 33.6 Å². The van der Waals surface area contributed by atoms with E-state index in [0.717, 1.165) is 22.7 Å². The van der Waals surface area contributed by atoms with Gasteiger partial charge in [0.25, 0.3) is 0 Å². The lowest BCUT2D eigenvalue weighted by Gasteiger charge is -2.26. The first-order chi connectivity index (χ1) is 15.1. The highest BCUT2D eigenvalue weighted by Crippen LogP contribution is 2.53. The number of hydrogen-bond donors (Lipinski definition) is 1. The Hall–Kier alpha value is -3.88. The summed E-state index contributed by atoms with van der Waals surface area (Å²) in [6.07, 6.45) is 1.91. The highest BCUT2D eigenvalue weighted by molar-refractivity contribution is 5.94. The van der Waals surface area contributed by atoms with Crippen LogP contribution in [0.15, 0.2) is 36.7 Å². The lowest BCUT2D eigenvalue weighted by atomic mass is 9.88. The molecule has 0 saturated carbocycles. The van der Waals surface area contributed by atoms with Crippen molar-refractivity contribution >= 4 is 11.7 Å². The van der Waals surface area contributed by atoms with Crippen molar-refractivity contribution in [2.75, 3.05) is 33.4 Å². The van der Waals surface area contributed by atoms with Crippen LogP contribution < -0.4 is 29.0 Å². The molecule has 3 aromatic rings. The van der Waals surface area contributed by atoms with Crippen LogP contribution in [-0.2, 0) is 4.79 Å². The molecule has 2 aliphatic rings. The van der Waals surface area contributed by atoms with Crippen molar-refractivity contribution in [1.29, 1.82) is 0 Å². The summed E-state index contributed by atoms with van der Waals surface area (Å²) in [5.74, 6) is 2.79. The zero-order chi connectivity index (χ0) is 21.5. The summed E-state index contributed by atoms with van der Waals surface area (Å²) in [7, 11) is 4.75. The monoisotopic (exact) mass is 423 g/mol. The van der Waals surface area contributed by atoms with Gasteiger partial charge in [0.15, 0.2) is 17.3 Å². The maximum atomic E-state index is 12.5. The van der Waals surface area contributed by atoms with E-state index in [1.54, 1.807) is 27.7 Å². The van der Waals surface area contributed by atoms with Crippen LogP contribution in [0.1, 0.15) is 23.6 Å². The van der Waals surface area contributed by atoms with Gasteiger partial charge in [-0.15, -0.1) is 0 Å².